The first-order valence-corrected chi connectivity index (χ1v) is 9.52. The number of likely N-dealkylation sites (tertiary alicyclic amines) is 2. The molecule has 2 saturated heterocycles. The van der Waals surface area contributed by atoms with Gasteiger partial charge < -0.3 is 10.6 Å². The molecule has 0 aliphatic carbocycles. The molecule has 2 aromatic rings. The lowest BCUT2D eigenvalue weighted by molar-refractivity contribution is -0.133. The van der Waals surface area contributed by atoms with E-state index in [4.69, 9.17) is 5.73 Å². The maximum atomic E-state index is 13.7. The maximum absolute atomic E-state index is 13.7. The molecule has 0 saturated carbocycles. The molecule has 7 heteroatoms. The monoisotopic (exact) mass is 369 g/mol. The van der Waals surface area contributed by atoms with E-state index in [1.54, 1.807) is 12.3 Å². The first-order valence-electron chi connectivity index (χ1n) is 9.52. The number of anilines is 1. The average molecular weight is 369 g/mol. The Morgan fingerprint density at radius 2 is 2.04 bits per heavy atom. The Balaban J connectivity index is 1.65. The van der Waals surface area contributed by atoms with Crippen LogP contribution in [0, 0.1) is 5.82 Å². The molecule has 0 spiro atoms. The van der Waals surface area contributed by atoms with E-state index in [1.807, 2.05) is 11.0 Å². The quantitative estimate of drug-likeness (QED) is 0.897. The van der Waals surface area contributed by atoms with E-state index in [-0.39, 0.29) is 23.7 Å². The SMILES string of the molecule is Nc1ncc(-c2cccc(F)c2)c(C2CCCN2C(=O)CN2CCCC2)n1. The van der Waals surface area contributed by atoms with Crippen LogP contribution in [-0.2, 0) is 4.79 Å². The summed E-state index contributed by atoms with van der Waals surface area (Å²) in [5.74, 6) is -0.0190. The van der Waals surface area contributed by atoms with Crippen LogP contribution in [0.1, 0.15) is 37.4 Å². The number of amides is 1. The van der Waals surface area contributed by atoms with Crippen LogP contribution < -0.4 is 5.73 Å². The highest BCUT2D eigenvalue weighted by atomic mass is 19.1. The zero-order valence-corrected chi connectivity index (χ0v) is 15.3. The van der Waals surface area contributed by atoms with E-state index in [1.165, 1.54) is 12.1 Å². The van der Waals surface area contributed by atoms with E-state index in [2.05, 4.69) is 14.9 Å². The van der Waals surface area contributed by atoms with Crippen molar-refractivity contribution >= 4 is 11.9 Å². The summed E-state index contributed by atoms with van der Waals surface area (Å²) in [6.45, 7) is 3.13. The molecule has 2 fully saturated rings. The van der Waals surface area contributed by atoms with Gasteiger partial charge >= 0.3 is 0 Å². The van der Waals surface area contributed by atoms with E-state index >= 15 is 0 Å². The number of halogens is 1. The Bertz CT molecular complexity index is 837. The first kappa shape index (κ1) is 17.9. The summed E-state index contributed by atoms with van der Waals surface area (Å²) in [5.41, 5.74) is 7.99. The van der Waals surface area contributed by atoms with Gasteiger partial charge in [0.1, 0.15) is 5.82 Å². The van der Waals surface area contributed by atoms with Crippen LogP contribution in [0.3, 0.4) is 0 Å². The van der Waals surface area contributed by atoms with Crippen LogP contribution >= 0.6 is 0 Å². The first-order chi connectivity index (χ1) is 13.1. The van der Waals surface area contributed by atoms with Gasteiger partial charge in [0.2, 0.25) is 11.9 Å². The fraction of sp³-hybridized carbons (Fsp3) is 0.450. The van der Waals surface area contributed by atoms with Crippen molar-refractivity contribution in [2.75, 3.05) is 31.9 Å². The molecule has 1 aromatic heterocycles. The molecule has 1 aromatic carbocycles. The highest BCUT2D eigenvalue weighted by Gasteiger charge is 2.34. The number of hydrogen-bond acceptors (Lipinski definition) is 5. The van der Waals surface area contributed by atoms with E-state index in [9.17, 15) is 9.18 Å². The van der Waals surface area contributed by atoms with Crippen LogP contribution in [0.25, 0.3) is 11.1 Å². The maximum Gasteiger partial charge on any atom is 0.237 e. The van der Waals surface area contributed by atoms with Gasteiger partial charge in [0.25, 0.3) is 0 Å². The molecule has 1 atom stereocenters. The molecule has 4 rings (SSSR count). The van der Waals surface area contributed by atoms with Crippen LogP contribution in [0.5, 0.6) is 0 Å². The van der Waals surface area contributed by atoms with Gasteiger partial charge in [-0.2, -0.15) is 0 Å². The third-order valence-corrected chi connectivity index (χ3v) is 5.42. The predicted molar refractivity (Wildman–Crippen MR) is 101 cm³/mol. The minimum absolute atomic E-state index is 0.127. The van der Waals surface area contributed by atoms with Crippen LogP contribution in [0.4, 0.5) is 10.3 Å². The second kappa shape index (κ2) is 7.60. The molecule has 0 bridgehead atoms. The highest BCUT2D eigenvalue weighted by Crippen LogP contribution is 2.37. The molecule has 142 valence electrons. The fourth-order valence-electron chi connectivity index (χ4n) is 4.11. The zero-order chi connectivity index (χ0) is 18.8. The summed E-state index contributed by atoms with van der Waals surface area (Å²) in [6.07, 6.45) is 5.69. The second-order valence-corrected chi connectivity index (χ2v) is 7.27. The van der Waals surface area contributed by atoms with Crippen molar-refractivity contribution < 1.29 is 9.18 Å². The lowest BCUT2D eigenvalue weighted by Crippen LogP contribution is -2.39. The zero-order valence-electron chi connectivity index (χ0n) is 15.3. The van der Waals surface area contributed by atoms with Crippen LogP contribution in [0.2, 0.25) is 0 Å². The number of aromatic nitrogens is 2. The Morgan fingerprint density at radius 3 is 2.81 bits per heavy atom. The van der Waals surface area contributed by atoms with Gasteiger partial charge in [-0.25, -0.2) is 14.4 Å². The van der Waals surface area contributed by atoms with Crippen LogP contribution in [0.15, 0.2) is 30.5 Å². The second-order valence-electron chi connectivity index (χ2n) is 7.27. The Hall–Kier alpha value is -2.54. The minimum atomic E-state index is -0.316. The largest absolute Gasteiger partial charge is 0.368 e. The van der Waals surface area contributed by atoms with Gasteiger partial charge in [0, 0.05) is 18.3 Å². The van der Waals surface area contributed by atoms with Gasteiger partial charge in [0.05, 0.1) is 18.3 Å². The van der Waals surface area contributed by atoms with Crippen molar-refractivity contribution in [2.24, 2.45) is 0 Å². The van der Waals surface area contributed by atoms with Crippen molar-refractivity contribution in [1.82, 2.24) is 19.8 Å². The molecular weight excluding hydrogens is 345 g/mol. The van der Waals surface area contributed by atoms with Gasteiger partial charge in [-0.3, -0.25) is 9.69 Å². The normalized spacial score (nSPS) is 20.3. The van der Waals surface area contributed by atoms with Crippen LogP contribution in [-0.4, -0.2) is 51.9 Å². The number of benzene rings is 1. The summed E-state index contributed by atoms with van der Waals surface area (Å²) < 4.78 is 13.7. The summed E-state index contributed by atoms with van der Waals surface area (Å²) in [4.78, 5) is 25.6. The molecule has 1 amide bonds. The fourth-order valence-corrected chi connectivity index (χ4v) is 4.11. The van der Waals surface area contributed by atoms with E-state index < -0.39 is 0 Å². The highest BCUT2D eigenvalue weighted by molar-refractivity contribution is 5.79. The van der Waals surface area contributed by atoms with Crippen molar-refractivity contribution in [3.05, 3.63) is 42.0 Å². The van der Waals surface area contributed by atoms with Crippen molar-refractivity contribution in [3.63, 3.8) is 0 Å². The van der Waals surface area contributed by atoms with Crippen molar-refractivity contribution in [1.29, 1.82) is 0 Å². The van der Waals surface area contributed by atoms with Gasteiger partial charge in [0.15, 0.2) is 0 Å². The topological polar surface area (TPSA) is 75.3 Å². The molecule has 0 radical (unpaired) electrons. The average Bonchev–Trinajstić information content (AvgIpc) is 3.33. The molecule has 2 aliphatic rings. The molecule has 6 nitrogen and oxygen atoms in total. The molecule has 1 unspecified atom stereocenters. The van der Waals surface area contributed by atoms with Gasteiger partial charge in [-0.05, 0) is 56.5 Å². The summed E-state index contributed by atoms with van der Waals surface area (Å²) in [5, 5.41) is 0. The number of nitrogens with zero attached hydrogens (tertiary/aromatic N) is 4. The number of hydrogen-bond donors (Lipinski definition) is 1. The van der Waals surface area contributed by atoms with Crippen molar-refractivity contribution in [2.45, 2.75) is 31.7 Å². The third kappa shape index (κ3) is 3.78. The number of rotatable bonds is 4. The Kier molecular flexibility index (Phi) is 5.03. The standard InChI is InChI=1S/C20H24FN5O/c21-15-6-3-5-14(11-15)16-12-23-20(22)24-19(16)17-7-4-10-26(17)18(27)13-25-8-1-2-9-25/h3,5-6,11-12,17H,1-2,4,7-10,13H2,(H2,22,23,24). The molecule has 2 N–H and O–H groups in total. The molecule has 3 heterocycles. The Labute approximate surface area is 158 Å². The van der Waals surface area contributed by atoms with E-state index in [0.717, 1.165) is 44.3 Å². The lowest BCUT2D eigenvalue weighted by atomic mass is 9.99. The summed E-state index contributed by atoms with van der Waals surface area (Å²) >= 11 is 0. The Morgan fingerprint density at radius 1 is 1.22 bits per heavy atom. The van der Waals surface area contributed by atoms with E-state index in [0.29, 0.717) is 24.3 Å². The smallest absolute Gasteiger partial charge is 0.237 e. The van der Waals surface area contributed by atoms with Gasteiger partial charge in [-0.1, -0.05) is 12.1 Å². The molecule has 2 aliphatic heterocycles. The minimum Gasteiger partial charge on any atom is -0.368 e. The summed E-state index contributed by atoms with van der Waals surface area (Å²) in [6, 6.07) is 6.21. The lowest BCUT2D eigenvalue weighted by Gasteiger charge is -2.28. The van der Waals surface area contributed by atoms with Gasteiger partial charge in [-0.15, -0.1) is 0 Å². The third-order valence-electron chi connectivity index (χ3n) is 5.42. The number of nitrogen functional groups attached to an aromatic ring is 1. The number of carbonyl (C=O) groups is 1. The van der Waals surface area contributed by atoms with Crippen molar-refractivity contribution in [3.8, 4) is 11.1 Å². The predicted octanol–water partition coefficient (Wildman–Crippen LogP) is 2.62. The number of carbonyl (C=O) groups excluding carboxylic acids is 1. The number of nitrogens with two attached hydrogens (primary N) is 1. The molecule has 27 heavy (non-hydrogen) atoms. The summed E-state index contributed by atoms with van der Waals surface area (Å²) in [7, 11) is 0. The molecular formula is C20H24FN5O.